The Balaban J connectivity index is 2.46. The Hall–Kier alpha value is -1.38. The van der Waals surface area contributed by atoms with Gasteiger partial charge in [0.25, 0.3) is 0 Å². The molecule has 0 aliphatic rings. The van der Waals surface area contributed by atoms with Crippen LogP contribution < -0.4 is 5.32 Å². The van der Waals surface area contributed by atoms with E-state index in [2.05, 4.69) is 24.4 Å². The van der Waals surface area contributed by atoms with E-state index in [1.54, 1.807) is 12.1 Å². The van der Waals surface area contributed by atoms with E-state index in [1.807, 2.05) is 19.1 Å². The summed E-state index contributed by atoms with van der Waals surface area (Å²) in [6.45, 7) is 4.88. The van der Waals surface area contributed by atoms with E-state index < -0.39 is 0 Å². The van der Waals surface area contributed by atoms with Crippen LogP contribution in [0.5, 0.6) is 0 Å². The van der Waals surface area contributed by atoms with Crippen molar-refractivity contribution in [1.29, 1.82) is 0 Å². The standard InChI is InChI=1S/C17H19ClFN/c1-3-12-6-5-7-13(10-12)17(20-4-2)15-11-14(18)8-9-16(15)19/h5-11,17,20H,3-4H2,1-2H3. The van der Waals surface area contributed by atoms with Crippen molar-refractivity contribution in [1.82, 2.24) is 5.32 Å². The van der Waals surface area contributed by atoms with Crippen LogP contribution in [-0.4, -0.2) is 6.54 Å². The molecule has 1 atom stereocenters. The van der Waals surface area contributed by atoms with E-state index >= 15 is 0 Å². The van der Waals surface area contributed by atoms with Crippen LogP contribution >= 0.6 is 11.6 Å². The van der Waals surface area contributed by atoms with Gasteiger partial charge in [0.1, 0.15) is 5.82 Å². The number of benzene rings is 2. The zero-order chi connectivity index (χ0) is 14.5. The van der Waals surface area contributed by atoms with Crippen LogP contribution in [0.1, 0.15) is 36.6 Å². The monoisotopic (exact) mass is 291 g/mol. The Bertz CT molecular complexity index is 583. The Morgan fingerprint density at radius 1 is 1.15 bits per heavy atom. The van der Waals surface area contributed by atoms with E-state index in [-0.39, 0.29) is 11.9 Å². The summed E-state index contributed by atoms with van der Waals surface area (Å²) in [6, 6.07) is 12.8. The summed E-state index contributed by atoms with van der Waals surface area (Å²) < 4.78 is 14.1. The summed E-state index contributed by atoms with van der Waals surface area (Å²) in [5, 5.41) is 3.89. The van der Waals surface area contributed by atoms with Crippen LogP contribution in [0.3, 0.4) is 0 Å². The van der Waals surface area contributed by atoms with Crippen LogP contribution in [-0.2, 0) is 6.42 Å². The molecule has 0 aliphatic heterocycles. The van der Waals surface area contributed by atoms with E-state index in [0.717, 1.165) is 18.5 Å². The van der Waals surface area contributed by atoms with Crippen LogP contribution in [0, 0.1) is 5.82 Å². The molecule has 0 spiro atoms. The van der Waals surface area contributed by atoms with Gasteiger partial charge in [0, 0.05) is 10.6 Å². The first-order valence-corrected chi connectivity index (χ1v) is 7.30. The molecule has 0 fully saturated rings. The normalized spacial score (nSPS) is 12.4. The Labute approximate surface area is 124 Å². The van der Waals surface area contributed by atoms with Crippen molar-refractivity contribution >= 4 is 11.6 Å². The molecule has 0 radical (unpaired) electrons. The summed E-state index contributed by atoms with van der Waals surface area (Å²) in [5.74, 6) is -0.234. The fraction of sp³-hybridized carbons (Fsp3) is 0.294. The molecule has 1 unspecified atom stereocenters. The van der Waals surface area contributed by atoms with Crippen LogP contribution in [0.4, 0.5) is 4.39 Å². The Kier molecular flexibility index (Phi) is 5.16. The fourth-order valence-corrected chi connectivity index (χ4v) is 2.52. The topological polar surface area (TPSA) is 12.0 Å². The van der Waals surface area contributed by atoms with Gasteiger partial charge in [0.05, 0.1) is 6.04 Å². The third kappa shape index (κ3) is 3.38. The van der Waals surface area contributed by atoms with E-state index in [9.17, 15) is 4.39 Å². The molecule has 106 valence electrons. The first kappa shape index (κ1) is 15.0. The lowest BCUT2D eigenvalue weighted by atomic mass is 9.96. The molecule has 0 aromatic heterocycles. The highest BCUT2D eigenvalue weighted by atomic mass is 35.5. The maximum absolute atomic E-state index is 14.1. The lowest BCUT2D eigenvalue weighted by molar-refractivity contribution is 0.559. The Morgan fingerprint density at radius 2 is 1.95 bits per heavy atom. The van der Waals surface area contributed by atoms with Crippen LogP contribution in [0.2, 0.25) is 5.02 Å². The molecule has 0 saturated heterocycles. The maximum atomic E-state index is 14.1. The zero-order valence-electron chi connectivity index (χ0n) is 11.8. The van der Waals surface area contributed by atoms with E-state index in [0.29, 0.717) is 10.6 Å². The van der Waals surface area contributed by atoms with Crippen LogP contribution in [0.25, 0.3) is 0 Å². The largest absolute Gasteiger partial charge is 0.306 e. The molecule has 1 nitrogen and oxygen atoms in total. The van der Waals surface area contributed by atoms with Crippen LogP contribution in [0.15, 0.2) is 42.5 Å². The molecule has 2 aromatic carbocycles. The molecular weight excluding hydrogens is 273 g/mol. The van der Waals surface area contributed by atoms with Crippen molar-refractivity contribution < 1.29 is 4.39 Å². The van der Waals surface area contributed by atoms with Gasteiger partial charge in [-0.05, 0) is 42.3 Å². The first-order chi connectivity index (χ1) is 9.65. The molecule has 20 heavy (non-hydrogen) atoms. The summed E-state index contributed by atoms with van der Waals surface area (Å²) in [4.78, 5) is 0. The smallest absolute Gasteiger partial charge is 0.128 e. The average molecular weight is 292 g/mol. The molecule has 0 heterocycles. The number of hydrogen-bond acceptors (Lipinski definition) is 1. The molecule has 0 bridgehead atoms. The highest BCUT2D eigenvalue weighted by Gasteiger charge is 2.17. The average Bonchev–Trinajstić information content (AvgIpc) is 2.47. The number of halogens is 2. The van der Waals surface area contributed by atoms with Gasteiger partial charge >= 0.3 is 0 Å². The van der Waals surface area contributed by atoms with Gasteiger partial charge in [0.2, 0.25) is 0 Å². The summed E-state index contributed by atoms with van der Waals surface area (Å²) >= 11 is 6.01. The van der Waals surface area contributed by atoms with Gasteiger partial charge in [-0.1, -0.05) is 49.7 Å². The predicted octanol–water partition coefficient (Wildman–Crippen LogP) is 4.74. The SMILES string of the molecule is CCNC(c1cccc(CC)c1)c1cc(Cl)ccc1F. The first-order valence-electron chi connectivity index (χ1n) is 6.92. The molecule has 3 heteroatoms. The zero-order valence-corrected chi connectivity index (χ0v) is 12.5. The molecule has 0 amide bonds. The van der Waals surface area contributed by atoms with Crippen molar-refractivity contribution in [3.05, 3.63) is 70.0 Å². The number of rotatable bonds is 5. The molecular formula is C17H19ClFN. The molecule has 2 aromatic rings. The highest BCUT2D eigenvalue weighted by molar-refractivity contribution is 6.30. The van der Waals surface area contributed by atoms with Crippen molar-refractivity contribution in [2.75, 3.05) is 6.54 Å². The lowest BCUT2D eigenvalue weighted by Gasteiger charge is -2.20. The lowest BCUT2D eigenvalue weighted by Crippen LogP contribution is -2.23. The second kappa shape index (κ2) is 6.87. The Morgan fingerprint density at radius 3 is 2.65 bits per heavy atom. The quantitative estimate of drug-likeness (QED) is 0.839. The van der Waals surface area contributed by atoms with Gasteiger partial charge in [0.15, 0.2) is 0 Å². The van der Waals surface area contributed by atoms with Gasteiger partial charge in [-0.15, -0.1) is 0 Å². The third-order valence-electron chi connectivity index (χ3n) is 3.37. The van der Waals surface area contributed by atoms with E-state index in [4.69, 9.17) is 11.6 Å². The van der Waals surface area contributed by atoms with Gasteiger partial charge < -0.3 is 5.32 Å². The van der Waals surface area contributed by atoms with Crippen molar-refractivity contribution in [3.63, 3.8) is 0 Å². The minimum Gasteiger partial charge on any atom is -0.306 e. The highest BCUT2D eigenvalue weighted by Crippen LogP contribution is 2.27. The number of aryl methyl sites for hydroxylation is 1. The van der Waals surface area contributed by atoms with E-state index in [1.165, 1.54) is 11.6 Å². The van der Waals surface area contributed by atoms with Gasteiger partial charge in [-0.3, -0.25) is 0 Å². The second-order valence-electron chi connectivity index (χ2n) is 4.76. The number of hydrogen-bond donors (Lipinski definition) is 1. The summed E-state index contributed by atoms with van der Waals surface area (Å²) in [6.07, 6.45) is 0.963. The maximum Gasteiger partial charge on any atom is 0.128 e. The minimum absolute atomic E-state index is 0.176. The van der Waals surface area contributed by atoms with Crippen molar-refractivity contribution in [2.45, 2.75) is 26.3 Å². The van der Waals surface area contributed by atoms with Crippen molar-refractivity contribution in [3.8, 4) is 0 Å². The summed E-state index contributed by atoms with van der Waals surface area (Å²) in [5.41, 5.74) is 2.90. The minimum atomic E-state index is -0.234. The van der Waals surface area contributed by atoms with Gasteiger partial charge in [-0.25, -0.2) is 4.39 Å². The number of nitrogens with one attached hydrogen (secondary N) is 1. The molecule has 0 aliphatic carbocycles. The summed E-state index contributed by atoms with van der Waals surface area (Å²) in [7, 11) is 0. The second-order valence-corrected chi connectivity index (χ2v) is 5.19. The third-order valence-corrected chi connectivity index (χ3v) is 3.61. The predicted molar refractivity (Wildman–Crippen MR) is 82.7 cm³/mol. The molecule has 1 N–H and O–H groups in total. The molecule has 2 rings (SSSR count). The van der Waals surface area contributed by atoms with Gasteiger partial charge in [-0.2, -0.15) is 0 Å². The molecule has 0 saturated carbocycles. The fourth-order valence-electron chi connectivity index (χ4n) is 2.34. The van der Waals surface area contributed by atoms with Crippen molar-refractivity contribution in [2.24, 2.45) is 0 Å².